The van der Waals surface area contributed by atoms with Crippen molar-refractivity contribution < 1.29 is 4.42 Å². The SMILES string of the molecule is O=c1c2ccccc2nc(SCc2coc(-c3cccs3)n2)n1-c1ccc(Cl)cc1. The Kier molecular flexibility index (Phi) is 5.16. The van der Waals surface area contributed by atoms with Crippen LogP contribution in [0.2, 0.25) is 5.02 Å². The van der Waals surface area contributed by atoms with Gasteiger partial charge in [-0.15, -0.1) is 11.3 Å². The van der Waals surface area contributed by atoms with E-state index in [1.165, 1.54) is 11.8 Å². The maximum Gasteiger partial charge on any atom is 0.266 e. The van der Waals surface area contributed by atoms with E-state index in [-0.39, 0.29) is 5.56 Å². The molecule has 0 saturated carbocycles. The summed E-state index contributed by atoms with van der Waals surface area (Å²) in [6.45, 7) is 0. The fourth-order valence-electron chi connectivity index (χ4n) is 3.05. The Balaban J connectivity index is 1.53. The third kappa shape index (κ3) is 3.67. The van der Waals surface area contributed by atoms with E-state index in [0.717, 1.165) is 10.6 Å². The second kappa shape index (κ2) is 8.10. The van der Waals surface area contributed by atoms with E-state index in [1.807, 2.05) is 47.8 Å². The smallest absolute Gasteiger partial charge is 0.266 e. The molecule has 3 heterocycles. The van der Waals surface area contributed by atoms with Crippen molar-refractivity contribution in [1.82, 2.24) is 14.5 Å². The van der Waals surface area contributed by atoms with Crippen molar-refractivity contribution in [2.75, 3.05) is 0 Å². The molecule has 8 heteroatoms. The zero-order valence-corrected chi connectivity index (χ0v) is 17.9. The summed E-state index contributed by atoms with van der Waals surface area (Å²) in [5.41, 5.74) is 2.04. The van der Waals surface area contributed by atoms with Gasteiger partial charge < -0.3 is 4.42 Å². The summed E-state index contributed by atoms with van der Waals surface area (Å²) >= 11 is 9.05. The quantitative estimate of drug-likeness (QED) is 0.240. The highest BCUT2D eigenvalue weighted by atomic mass is 35.5. The summed E-state index contributed by atoms with van der Waals surface area (Å²) in [5, 5.41) is 3.75. The Morgan fingerprint density at radius 3 is 2.67 bits per heavy atom. The topological polar surface area (TPSA) is 60.9 Å². The molecule has 5 nitrogen and oxygen atoms in total. The number of fused-ring (bicyclic) bond motifs is 1. The van der Waals surface area contributed by atoms with Crippen LogP contribution in [0, 0.1) is 0 Å². The van der Waals surface area contributed by atoms with Gasteiger partial charge in [-0.1, -0.05) is 41.6 Å². The van der Waals surface area contributed by atoms with Gasteiger partial charge in [0.05, 0.1) is 27.2 Å². The Morgan fingerprint density at radius 2 is 1.87 bits per heavy atom. The maximum atomic E-state index is 13.2. The van der Waals surface area contributed by atoms with Gasteiger partial charge in [0.25, 0.3) is 5.56 Å². The number of benzene rings is 2. The number of halogens is 1. The molecule has 0 saturated heterocycles. The molecule has 2 aromatic carbocycles. The lowest BCUT2D eigenvalue weighted by Crippen LogP contribution is -2.21. The summed E-state index contributed by atoms with van der Waals surface area (Å²) in [6, 6.07) is 18.4. The third-order valence-electron chi connectivity index (χ3n) is 4.46. The van der Waals surface area contributed by atoms with Crippen molar-refractivity contribution >= 4 is 45.6 Å². The van der Waals surface area contributed by atoms with E-state index >= 15 is 0 Å². The first-order chi connectivity index (χ1) is 14.7. The summed E-state index contributed by atoms with van der Waals surface area (Å²) < 4.78 is 7.22. The van der Waals surface area contributed by atoms with Crippen LogP contribution < -0.4 is 5.56 Å². The van der Waals surface area contributed by atoms with Crippen molar-refractivity contribution in [2.45, 2.75) is 10.9 Å². The molecule has 0 aliphatic heterocycles. The van der Waals surface area contributed by atoms with Crippen LogP contribution in [0.3, 0.4) is 0 Å². The Labute approximate surface area is 185 Å². The Hall–Kier alpha value is -2.87. The lowest BCUT2D eigenvalue weighted by Gasteiger charge is -2.13. The standard InChI is InChI=1S/C22H14ClN3O2S2/c23-14-7-9-16(10-8-14)26-21(27)17-4-1-2-5-18(17)25-22(26)30-13-15-12-28-20(24-15)19-6-3-11-29-19/h1-12H,13H2. The van der Waals surface area contributed by atoms with E-state index in [1.54, 1.807) is 40.4 Å². The average molecular weight is 452 g/mol. The minimum Gasteiger partial charge on any atom is -0.444 e. The van der Waals surface area contributed by atoms with Gasteiger partial charge in [-0.2, -0.15) is 0 Å². The zero-order valence-electron chi connectivity index (χ0n) is 15.5. The zero-order chi connectivity index (χ0) is 20.5. The van der Waals surface area contributed by atoms with Gasteiger partial charge in [0.1, 0.15) is 6.26 Å². The third-order valence-corrected chi connectivity index (χ3v) is 6.54. The molecule has 148 valence electrons. The second-order valence-electron chi connectivity index (χ2n) is 6.44. The highest BCUT2D eigenvalue weighted by Gasteiger charge is 2.15. The number of para-hydroxylation sites is 1. The molecule has 0 bridgehead atoms. The highest BCUT2D eigenvalue weighted by molar-refractivity contribution is 7.98. The van der Waals surface area contributed by atoms with Crippen LogP contribution in [0.1, 0.15) is 5.69 Å². The van der Waals surface area contributed by atoms with Crippen LogP contribution >= 0.6 is 34.7 Å². The molecular weight excluding hydrogens is 438 g/mol. The molecule has 0 amide bonds. The van der Waals surface area contributed by atoms with Gasteiger partial charge in [-0.3, -0.25) is 9.36 Å². The average Bonchev–Trinajstić information content (AvgIpc) is 3.45. The van der Waals surface area contributed by atoms with E-state index in [2.05, 4.69) is 4.98 Å². The predicted molar refractivity (Wildman–Crippen MR) is 122 cm³/mol. The van der Waals surface area contributed by atoms with Crippen LogP contribution in [-0.2, 0) is 5.75 Å². The van der Waals surface area contributed by atoms with Crippen molar-refractivity contribution in [3.63, 3.8) is 0 Å². The fraction of sp³-hybridized carbons (Fsp3) is 0.0455. The van der Waals surface area contributed by atoms with Crippen molar-refractivity contribution in [3.05, 3.63) is 93.4 Å². The number of thiophene rings is 1. The van der Waals surface area contributed by atoms with Crippen LogP contribution in [-0.4, -0.2) is 14.5 Å². The molecule has 5 rings (SSSR count). The molecular formula is C22H14ClN3O2S2. The Morgan fingerprint density at radius 1 is 1.03 bits per heavy atom. The van der Waals surface area contributed by atoms with Gasteiger partial charge in [0.2, 0.25) is 5.89 Å². The monoisotopic (exact) mass is 451 g/mol. The predicted octanol–water partition coefficient (Wildman–Crippen LogP) is 6.05. The molecule has 0 fully saturated rings. The normalized spacial score (nSPS) is 11.2. The number of rotatable bonds is 5. The number of nitrogens with zero attached hydrogens (tertiary/aromatic N) is 3. The molecule has 0 spiro atoms. The highest BCUT2D eigenvalue weighted by Crippen LogP contribution is 2.28. The summed E-state index contributed by atoms with van der Waals surface area (Å²) in [5.74, 6) is 1.12. The minimum atomic E-state index is -0.121. The summed E-state index contributed by atoms with van der Waals surface area (Å²) in [4.78, 5) is 23.5. The van der Waals surface area contributed by atoms with Crippen LogP contribution in [0.5, 0.6) is 0 Å². The van der Waals surface area contributed by atoms with E-state index in [9.17, 15) is 4.79 Å². The minimum absolute atomic E-state index is 0.121. The molecule has 0 atom stereocenters. The van der Waals surface area contributed by atoms with Gasteiger partial charge >= 0.3 is 0 Å². The van der Waals surface area contributed by atoms with Crippen LogP contribution in [0.4, 0.5) is 0 Å². The summed E-state index contributed by atoms with van der Waals surface area (Å²) in [6.07, 6.45) is 1.65. The lowest BCUT2D eigenvalue weighted by molar-refractivity contribution is 0.575. The number of hydrogen-bond donors (Lipinski definition) is 0. The van der Waals surface area contributed by atoms with Gasteiger partial charge in [-0.25, -0.2) is 9.97 Å². The number of hydrogen-bond acceptors (Lipinski definition) is 6. The van der Waals surface area contributed by atoms with Gasteiger partial charge in [-0.05, 0) is 47.8 Å². The molecule has 3 aromatic heterocycles. The molecule has 0 aliphatic carbocycles. The number of oxazole rings is 1. The van der Waals surface area contributed by atoms with E-state index in [0.29, 0.717) is 38.4 Å². The van der Waals surface area contributed by atoms with Crippen LogP contribution in [0.15, 0.2) is 86.7 Å². The number of aromatic nitrogens is 3. The molecule has 30 heavy (non-hydrogen) atoms. The second-order valence-corrected chi connectivity index (χ2v) is 8.77. The van der Waals surface area contributed by atoms with E-state index < -0.39 is 0 Å². The van der Waals surface area contributed by atoms with Crippen molar-refractivity contribution in [1.29, 1.82) is 0 Å². The van der Waals surface area contributed by atoms with Crippen molar-refractivity contribution in [2.24, 2.45) is 0 Å². The molecule has 0 N–H and O–H groups in total. The fourth-order valence-corrected chi connectivity index (χ4v) is 4.72. The van der Waals surface area contributed by atoms with Gasteiger partial charge in [0, 0.05) is 10.8 Å². The first kappa shape index (κ1) is 19.1. The number of thioether (sulfide) groups is 1. The molecule has 0 radical (unpaired) electrons. The van der Waals surface area contributed by atoms with Gasteiger partial charge in [0.15, 0.2) is 5.16 Å². The largest absolute Gasteiger partial charge is 0.444 e. The lowest BCUT2D eigenvalue weighted by atomic mass is 10.2. The first-order valence-corrected chi connectivity index (χ1v) is 11.3. The molecule has 0 unspecified atom stereocenters. The summed E-state index contributed by atoms with van der Waals surface area (Å²) in [7, 11) is 0. The van der Waals surface area contributed by atoms with E-state index in [4.69, 9.17) is 21.0 Å². The first-order valence-electron chi connectivity index (χ1n) is 9.08. The maximum absolute atomic E-state index is 13.2. The van der Waals surface area contributed by atoms with Crippen molar-refractivity contribution in [3.8, 4) is 16.5 Å². The molecule has 5 aromatic rings. The Bertz CT molecular complexity index is 1380. The molecule has 0 aliphatic rings. The van der Waals surface area contributed by atoms with Crippen LogP contribution in [0.25, 0.3) is 27.4 Å².